The maximum Gasteiger partial charge on any atom is 0.217 e. The summed E-state index contributed by atoms with van der Waals surface area (Å²) in [6, 6.07) is 8.90. The lowest BCUT2D eigenvalue weighted by molar-refractivity contribution is -0.0585. The highest BCUT2D eigenvalue weighted by Crippen LogP contribution is 2.34. The van der Waals surface area contributed by atoms with Crippen molar-refractivity contribution in [1.82, 2.24) is 0 Å². The molecule has 0 atom stereocenters. The first-order valence-electron chi connectivity index (χ1n) is 5.52. The number of hydrogen-bond donors (Lipinski definition) is 0. The van der Waals surface area contributed by atoms with Gasteiger partial charge in [-0.05, 0) is 30.3 Å². The van der Waals surface area contributed by atoms with Crippen LogP contribution in [0.3, 0.4) is 0 Å². The first kappa shape index (κ1) is 12.1. The van der Waals surface area contributed by atoms with Gasteiger partial charge in [0.05, 0.1) is 18.2 Å². The molecule has 0 N–H and O–H groups in total. The lowest BCUT2D eigenvalue weighted by atomic mass is 10.2. The third kappa shape index (κ3) is 2.27. The Kier molecular flexibility index (Phi) is 3.31. The van der Waals surface area contributed by atoms with Crippen LogP contribution in [0.2, 0.25) is 10.0 Å². The Morgan fingerprint density at radius 2 is 1.78 bits per heavy atom. The van der Waals surface area contributed by atoms with Crippen LogP contribution in [-0.2, 0) is 9.47 Å². The van der Waals surface area contributed by atoms with E-state index in [2.05, 4.69) is 0 Å². The molecule has 3 nitrogen and oxygen atoms in total. The quantitative estimate of drug-likeness (QED) is 0.824. The second-order valence-electron chi connectivity index (χ2n) is 3.90. The van der Waals surface area contributed by atoms with Gasteiger partial charge in [-0.1, -0.05) is 23.2 Å². The van der Waals surface area contributed by atoms with E-state index in [0.29, 0.717) is 34.8 Å². The zero-order valence-corrected chi connectivity index (χ0v) is 10.9. The molecule has 0 saturated carbocycles. The Balaban J connectivity index is 1.94. The van der Waals surface area contributed by atoms with Crippen molar-refractivity contribution in [2.45, 2.75) is 6.29 Å². The van der Waals surface area contributed by atoms with Crippen LogP contribution in [-0.4, -0.2) is 13.2 Å². The molecule has 0 amide bonds. The van der Waals surface area contributed by atoms with Gasteiger partial charge in [0.2, 0.25) is 6.29 Å². The Hall–Kier alpha value is -1.00. The highest BCUT2D eigenvalue weighted by molar-refractivity contribution is 6.35. The molecule has 1 fully saturated rings. The van der Waals surface area contributed by atoms with Crippen LogP contribution in [0.4, 0.5) is 0 Å². The van der Waals surface area contributed by atoms with Gasteiger partial charge >= 0.3 is 0 Å². The van der Waals surface area contributed by atoms with E-state index in [1.807, 2.05) is 12.1 Å². The van der Waals surface area contributed by atoms with Gasteiger partial charge in [0.25, 0.3) is 0 Å². The summed E-state index contributed by atoms with van der Waals surface area (Å²) < 4.78 is 16.4. The van der Waals surface area contributed by atoms with E-state index in [4.69, 9.17) is 37.1 Å². The van der Waals surface area contributed by atoms with Gasteiger partial charge in [-0.3, -0.25) is 0 Å². The summed E-state index contributed by atoms with van der Waals surface area (Å²) in [5.41, 5.74) is 0.758. The van der Waals surface area contributed by atoms with Gasteiger partial charge in [0.1, 0.15) is 5.76 Å². The minimum atomic E-state index is -0.420. The maximum absolute atomic E-state index is 6.12. The molecule has 94 valence electrons. The molecule has 0 radical (unpaired) electrons. The minimum absolute atomic E-state index is 0.420. The number of benzene rings is 1. The molecule has 0 aliphatic carbocycles. The second-order valence-corrected chi connectivity index (χ2v) is 4.74. The number of ether oxygens (including phenoxy) is 2. The molecule has 1 aliphatic heterocycles. The molecule has 18 heavy (non-hydrogen) atoms. The first-order chi connectivity index (χ1) is 8.74. The van der Waals surface area contributed by atoms with Crippen molar-refractivity contribution in [3.8, 4) is 11.3 Å². The summed E-state index contributed by atoms with van der Waals surface area (Å²) in [6.07, 6.45) is -0.420. The van der Waals surface area contributed by atoms with Gasteiger partial charge in [-0.25, -0.2) is 0 Å². The Morgan fingerprint density at radius 1 is 1.00 bits per heavy atom. The summed E-state index contributed by atoms with van der Waals surface area (Å²) in [7, 11) is 0. The van der Waals surface area contributed by atoms with E-state index >= 15 is 0 Å². The van der Waals surface area contributed by atoms with E-state index in [-0.39, 0.29) is 0 Å². The van der Waals surface area contributed by atoms with Crippen molar-refractivity contribution in [1.29, 1.82) is 0 Å². The molecular weight excluding hydrogens is 275 g/mol. The largest absolute Gasteiger partial charge is 0.456 e. The van der Waals surface area contributed by atoms with Gasteiger partial charge in [-0.15, -0.1) is 0 Å². The van der Waals surface area contributed by atoms with Gasteiger partial charge in [0, 0.05) is 10.6 Å². The molecule has 1 aromatic heterocycles. The molecule has 0 spiro atoms. The van der Waals surface area contributed by atoms with E-state index in [1.165, 1.54) is 0 Å². The maximum atomic E-state index is 6.12. The van der Waals surface area contributed by atoms with Crippen LogP contribution in [0.15, 0.2) is 34.7 Å². The fourth-order valence-electron chi connectivity index (χ4n) is 1.83. The summed E-state index contributed by atoms with van der Waals surface area (Å²) in [5.74, 6) is 1.29. The van der Waals surface area contributed by atoms with E-state index < -0.39 is 6.29 Å². The molecule has 0 unspecified atom stereocenters. The van der Waals surface area contributed by atoms with Crippen LogP contribution < -0.4 is 0 Å². The van der Waals surface area contributed by atoms with Gasteiger partial charge < -0.3 is 13.9 Å². The monoisotopic (exact) mass is 284 g/mol. The van der Waals surface area contributed by atoms with Crippen LogP contribution in [0.25, 0.3) is 11.3 Å². The lowest BCUT2D eigenvalue weighted by Gasteiger charge is -2.05. The molecule has 2 heterocycles. The van der Waals surface area contributed by atoms with Crippen LogP contribution >= 0.6 is 23.2 Å². The van der Waals surface area contributed by atoms with Crippen molar-refractivity contribution < 1.29 is 13.9 Å². The van der Waals surface area contributed by atoms with Crippen molar-refractivity contribution in [3.63, 3.8) is 0 Å². The van der Waals surface area contributed by atoms with Crippen molar-refractivity contribution in [3.05, 3.63) is 46.1 Å². The predicted octanol–water partition coefficient (Wildman–Crippen LogP) is 4.30. The molecule has 2 aromatic rings. The SMILES string of the molecule is Clc1ccc(Cl)c(-c2ccc(C3OCCO3)o2)c1. The van der Waals surface area contributed by atoms with Crippen LogP contribution in [0, 0.1) is 0 Å². The number of furan rings is 1. The molecule has 5 heteroatoms. The normalized spacial score (nSPS) is 16.3. The molecule has 1 saturated heterocycles. The summed E-state index contributed by atoms with van der Waals surface area (Å²) in [5, 5.41) is 1.20. The molecular formula is C13H10Cl2O3. The smallest absolute Gasteiger partial charge is 0.217 e. The zero-order valence-electron chi connectivity index (χ0n) is 9.36. The fourth-order valence-corrected chi connectivity index (χ4v) is 2.22. The average molecular weight is 285 g/mol. The standard InChI is InChI=1S/C13H10Cl2O3/c14-8-1-2-10(15)9(7-8)11-3-4-12(18-11)13-16-5-6-17-13/h1-4,7,13H,5-6H2. The number of hydrogen-bond acceptors (Lipinski definition) is 3. The number of halogens is 2. The summed E-state index contributed by atoms with van der Waals surface area (Å²) in [4.78, 5) is 0. The minimum Gasteiger partial charge on any atom is -0.456 e. The van der Waals surface area contributed by atoms with Crippen LogP contribution in [0.5, 0.6) is 0 Å². The summed E-state index contributed by atoms with van der Waals surface area (Å²) in [6.45, 7) is 1.16. The first-order valence-corrected chi connectivity index (χ1v) is 6.28. The third-order valence-electron chi connectivity index (χ3n) is 2.67. The van der Waals surface area contributed by atoms with Crippen LogP contribution in [0.1, 0.15) is 12.1 Å². The van der Waals surface area contributed by atoms with E-state index in [1.54, 1.807) is 18.2 Å². The highest BCUT2D eigenvalue weighted by Gasteiger charge is 2.22. The highest BCUT2D eigenvalue weighted by atomic mass is 35.5. The molecule has 0 bridgehead atoms. The molecule has 3 rings (SSSR count). The third-order valence-corrected chi connectivity index (χ3v) is 3.24. The molecule has 1 aromatic carbocycles. The van der Waals surface area contributed by atoms with Gasteiger partial charge in [-0.2, -0.15) is 0 Å². The van der Waals surface area contributed by atoms with Crippen molar-refractivity contribution in [2.24, 2.45) is 0 Å². The van der Waals surface area contributed by atoms with Crippen molar-refractivity contribution in [2.75, 3.05) is 13.2 Å². The second kappa shape index (κ2) is 4.94. The summed E-state index contributed by atoms with van der Waals surface area (Å²) >= 11 is 12.1. The van der Waals surface area contributed by atoms with E-state index in [9.17, 15) is 0 Å². The van der Waals surface area contributed by atoms with E-state index in [0.717, 1.165) is 5.56 Å². The van der Waals surface area contributed by atoms with Crippen molar-refractivity contribution >= 4 is 23.2 Å². The van der Waals surface area contributed by atoms with Gasteiger partial charge in [0.15, 0.2) is 5.76 Å². The zero-order chi connectivity index (χ0) is 12.5. The lowest BCUT2D eigenvalue weighted by Crippen LogP contribution is -1.94. The fraction of sp³-hybridized carbons (Fsp3) is 0.231. The Labute approximate surface area is 114 Å². The predicted molar refractivity (Wildman–Crippen MR) is 68.8 cm³/mol. The molecule has 1 aliphatic rings. The topological polar surface area (TPSA) is 31.6 Å². The average Bonchev–Trinajstić information content (AvgIpc) is 3.00. The Bertz CT molecular complexity index is 559. The number of rotatable bonds is 2. The Morgan fingerprint density at radius 3 is 2.56 bits per heavy atom.